The van der Waals surface area contributed by atoms with Crippen LogP contribution in [0.4, 0.5) is 5.69 Å². The molecule has 152 valence electrons. The first-order chi connectivity index (χ1) is 14.3. The summed E-state index contributed by atoms with van der Waals surface area (Å²) in [7, 11) is 0. The van der Waals surface area contributed by atoms with Gasteiger partial charge in [-0.3, -0.25) is 9.78 Å². The van der Waals surface area contributed by atoms with Crippen LogP contribution in [-0.2, 0) is 11.2 Å². The normalized spacial score (nSPS) is 18.9. The lowest BCUT2D eigenvalue weighted by Crippen LogP contribution is -2.63. The minimum Gasteiger partial charge on any atom is -0.306 e. The third-order valence-electron chi connectivity index (χ3n) is 6.03. The molecule has 30 heavy (non-hydrogen) atoms. The Morgan fingerprint density at radius 3 is 2.67 bits per heavy atom. The van der Waals surface area contributed by atoms with Crippen LogP contribution >= 0.6 is 22.6 Å². The molecule has 2 unspecified atom stereocenters. The molecule has 2 heterocycles. The third kappa shape index (κ3) is 3.69. The maximum atomic E-state index is 13.4. The van der Waals surface area contributed by atoms with Crippen LogP contribution in [0.2, 0.25) is 0 Å². The largest absolute Gasteiger partial charge is 0.306 e. The number of benzene rings is 2. The van der Waals surface area contributed by atoms with Gasteiger partial charge in [0.15, 0.2) is 0 Å². The molecule has 1 aromatic heterocycles. The highest BCUT2D eigenvalue weighted by Crippen LogP contribution is 2.43. The molecule has 2 aromatic carbocycles. The van der Waals surface area contributed by atoms with Crippen molar-refractivity contribution in [2.45, 2.75) is 39.7 Å². The van der Waals surface area contributed by atoms with Crippen LogP contribution in [0, 0.1) is 33.2 Å². The average molecular weight is 509 g/mol. The number of aromatic nitrogens is 1. The van der Waals surface area contributed by atoms with Gasteiger partial charge in [-0.15, -0.1) is 0 Å². The smallest absolute Gasteiger partial charge is 0.232 e. The highest BCUT2D eigenvalue weighted by Gasteiger charge is 2.50. The van der Waals surface area contributed by atoms with Gasteiger partial charge in [-0.1, -0.05) is 30.3 Å². The lowest BCUT2D eigenvalue weighted by Gasteiger charge is -2.49. The monoisotopic (exact) mass is 509 g/mol. The lowest BCUT2D eigenvalue weighted by atomic mass is 9.73. The van der Waals surface area contributed by atoms with Crippen molar-refractivity contribution in [3.8, 4) is 6.07 Å². The summed E-state index contributed by atoms with van der Waals surface area (Å²) < 4.78 is 1.11. The summed E-state index contributed by atoms with van der Waals surface area (Å²) in [6, 6.07) is 18.6. The molecular formula is C25H24IN3O. The summed E-state index contributed by atoms with van der Waals surface area (Å²) in [4.78, 5) is 19.9. The van der Waals surface area contributed by atoms with Crippen molar-refractivity contribution >= 4 is 45.1 Å². The second kappa shape index (κ2) is 7.99. The number of carbonyl (C=O) groups excluding carboxylic acids is 1. The van der Waals surface area contributed by atoms with E-state index in [0.717, 1.165) is 20.2 Å². The topological polar surface area (TPSA) is 57.0 Å². The molecule has 1 fully saturated rings. The van der Waals surface area contributed by atoms with Gasteiger partial charge >= 0.3 is 0 Å². The van der Waals surface area contributed by atoms with Crippen LogP contribution in [0.25, 0.3) is 10.9 Å². The molecule has 5 heteroatoms. The Morgan fingerprint density at radius 2 is 1.93 bits per heavy atom. The SMILES string of the molecule is Cc1ccccc1CC1C(=O)N(c2ccc(I)c3cccnc23)C1CC(C)(C)C#N. The molecule has 0 N–H and O–H groups in total. The fourth-order valence-electron chi connectivity index (χ4n) is 4.32. The number of pyridine rings is 1. The molecular weight excluding hydrogens is 485 g/mol. The van der Waals surface area contributed by atoms with Crippen LogP contribution in [0.15, 0.2) is 54.7 Å². The number of rotatable bonds is 5. The molecule has 1 amide bonds. The van der Waals surface area contributed by atoms with E-state index in [1.54, 1.807) is 6.20 Å². The number of carbonyl (C=O) groups is 1. The van der Waals surface area contributed by atoms with Crippen LogP contribution in [0.5, 0.6) is 0 Å². The second-order valence-electron chi connectivity index (χ2n) is 8.68. The predicted molar refractivity (Wildman–Crippen MR) is 128 cm³/mol. The first-order valence-corrected chi connectivity index (χ1v) is 11.2. The Hall–Kier alpha value is -2.46. The molecule has 4 rings (SSSR count). The third-order valence-corrected chi connectivity index (χ3v) is 6.97. The first-order valence-electron chi connectivity index (χ1n) is 10.1. The van der Waals surface area contributed by atoms with Crippen molar-refractivity contribution in [1.82, 2.24) is 4.98 Å². The summed E-state index contributed by atoms with van der Waals surface area (Å²) in [5.74, 6) is -0.0121. The Bertz CT molecular complexity index is 1160. The molecule has 4 nitrogen and oxygen atoms in total. The van der Waals surface area contributed by atoms with Crippen molar-refractivity contribution in [2.24, 2.45) is 11.3 Å². The van der Waals surface area contributed by atoms with Crippen LogP contribution < -0.4 is 4.90 Å². The van der Waals surface area contributed by atoms with Gasteiger partial charge in [-0.2, -0.15) is 5.26 Å². The summed E-state index contributed by atoms with van der Waals surface area (Å²) >= 11 is 2.30. The van der Waals surface area contributed by atoms with Crippen molar-refractivity contribution < 1.29 is 4.79 Å². The first kappa shape index (κ1) is 20.8. The zero-order valence-corrected chi connectivity index (χ0v) is 19.6. The number of aryl methyl sites for hydroxylation is 1. The highest BCUT2D eigenvalue weighted by atomic mass is 127. The van der Waals surface area contributed by atoms with Gasteiger partial charge in [-0.05, 0) is 85.5 Å². The van der Waals surface area contributed by atoms with E-state index in [4.69, 9.17) is 0 Å². The number of β-lactam (4-membered cyclic amide) rings is 1. The maximum Gasteiger partial charge on any atom is 0.232 e. The minimum atomic E-state index is -0.514. The zero-order chi connectivity index (χ0) is 21.5. The predicted octanol–water partition coefficient (Wildman–Crippen LogP) is 5.66. The van der Waals surface area contributed by atoms with Gasteiger partial charge < -0.3 is 4.90 Å². The molecule has 3 aromatic rings. The van der Waals surface area contributed by atoms with Crippen LogP contribution in [0.3, 0.4) is 0 Å². The Kier molecular flexibility index (Phi) is 5.54. The number of amides is 1. The summed E-state index contributed by atoms with van der Waals surface area (Å²) in [5.41, 5.74) is 3.56. The van der Waals surface area contributed by atoms with Gasteiger partial charge in [0.05, 0.1) is 34.6 Å². The number of anilines is 1. The van der Waals surface area contributed by atoms with Gasteiger partial charge in [0.2, 0.25) is 5.91 Å². The number of nitriles is 1. The molecule has 1 aliphatic heterocycles. The number of halogens is 1. The van der Waals surface area contributed by atoms with Crippen molar-refractivity contribution in [2.75, 3.05) is 4.90 Å². The van der Waals surface area contributed by atoms with E-state index in [-0.39, 0.29) is 17.9 Å². The van der Waals surface area contributed by atoms with E-state index in [1.165, 1.54) is 11.1 Å². The number of fused-ring (bicyclic) bond motifs is 1. The quantitative estimate of drug-likeness (QED) is 0.330. The molecule has 1 saturated heterocycles. The van der Waals surface area contributed by atoms with E-state index >= 15 is 0 Å². The minimum absolute atomic E-state index is 0.0305. The van der Waals surface area contributed by atoms with E-state index in [2.05, 4.69) is 52.7 Å². The number of hydrogen-bond acceptors (Lipinski definition) is 3. The van der Waals surface area contributed by atoms with Gasteiger partial charge in [0, 0.05) is 15.2 Å². The summed E-state index contributed by atoms with van der Waals surface area (Å²) in [6.45, 7) is 5.98. The van der Waals surface area contributed by atoms with Crippen LogP contribution in [0.1, 0.15) is 31.4 Å². The van der Waals surface area contributed by atoms with E-state index in [1.807, 2.05) is 55.1 Å². The lowest BCUT2D eigenvalue weighted by molar-refractivity contribution is -0.130. The van der Waals surface area contributed by atoms with E-state index in [9.17, 15) is 10.1 Å². The standard InChI is InChI=1S/C25H24IN3O/c1-16-7-4-5-8-17(16)13-19-22(14-25(2,3)15-27)29(24(19)30)21-11-10-20(26)18-9-6-12-28-23(18)21/h4-12,19,22H,13-14H2,1-3H3. The fourth-order valence-corrected chi connectivity index (χ4v) is 4.94. The molecule has 0 aliphatic carbocycles. The van der Waals surface area contributed by atoms with Gasteiger partial charge in [0.1, 0.15) is 0 Å². The van der Waals surface area contributed by atoms with Crippen molar-refractivity contribution in [3.63, 3.8) is 0 Å². The fraction of sp³-hybridized carbons (Fsp3) is 0.320. The summed E-state index contributed by atoms with van der Waals surface area (Å²) in [6.07, 6.45) is 3.10. The van der Waals surface area contributed by atoms with Crippen molar-refractivity contribution in [3.05, 3.63) is 69.4 Å². The molecule has 0 bridgehead atoms. The van der Waals surface area contributed by atoms with E-state index < -0.39 is 5.41 Å². The number of hydrogen-bond donors (Lipinski definition) is 0. The van der Waals surface area contributed by atoms with Gasteiger partial charge in [-0.25, -0.2) is 0 Å². The van der Waals surface area contributed by atoms with Crippen molar-refractivity contribution in [1.29, 1.82) is 5.26 Å². The average Bonchev–Trinajstić information content (AvgIpc) is 2.74. The molecule has 0 saturated carbocycles. The Morgan fingerprint density at radius 1 is 1.17 bits per heavy atom. The summed E-state index contributed by atoms with van der Waals surface area (Å²) in [5, 5.41) is 10.7. The molecule has 0 spiro atoms. The zero-order valence-electron chi connectivity index (χ0n) is 17.4. The maximum absolute atomic E-state index is 13.4. The van der Waals surface area contributed by atoms with Crippen LogP contribution in [-0.4, -0.2) is 16.9 Å². The molecule has 1 aliphatic rings. The van der Waals surface area contributed by atoms with E-state index in [0.29, 0.717) is 12.8 Å². The highest BCUT2D eigenvalue weighted by molar-refractivity contribution is 14.1. The second-order valence-corrected chi connectivity index (χ2v) is 9.84. The Labute approximate surface area is 191 Å². The number of nitrogens with zero attached hydrogens (tertiary/aromatic N) is 3. The molecule has 2 atom stereocenters. The van der Waals surface area contributed by atoms with Gasteiger partial charge in [0.25, 0.3) is 0 Å². The molecule has 0 radical (unpaired) electrons. The Balaban J connectivity index is 1.75.